The van der Waals surface area contributed by atoms with Crippen molar-refractivity contribution in [2.24, 2.45) is 5.92 Å². The van der Waals surface area contributed by atoms with E-state index in [9.17, 15) is 4.79 Å². The molecule has 0 spiro atoms. The van der Waals surface area contributed by atoms with Gasteiger partial charge in [0, 0.05) is 6.04 Å². The van der Waals surface area contributed by atoms with E-state index in [1.54, 1.807) is 0 Å². The van der Waals surface area contributed by atoms with Crippen molar-refractivity contribution >= 4 is 6.09 Å². The maximum atomic E-state index is 11.7. The summed E-state index contributed by atoms with van der Waals surface area (Å²) in [6, 6.07) is 0.256. The van der Waals surface area contributed by atoms with E-state index in [0.717, 1.165) is 32.4 Å². The molecule has 0 aromatic rings. The van der Waals surface area contributed by atoms with Crippen LogP contribution in [0.15, 0.2) is 0 Å². The van der Waals surface area contributed by atoms with Crippen LogP contribution in [0.1, 0.15) is 47.0 Å². The van der Waals surface area contributed by atoms with Crippen LogP contribution in [0.2, 0.25) is 0 Å². The van der Waals surface area contributed by atoms with Gasteiger partial charge >= 0.3 is 6.09 Å². The third-order valence-electron chi connectivity index (χ3n) is 2.97. The summed E-state index contributed by atoms with van der Waals surface area (Å²) in [4.78, 5) is 11.7. The van der Waals surface area contributed by atoms with Crippen molar-refractivity contribution in [3.63, 3.8) is 0 Å². The van der Waals surface area contributed by atoms with Crippen molar-refractivity contribution in [3.05, 3.63) is 0 Å². The molecule has 0 saturated carbocycles. The minimum absolute atomic E-state index is 0.256. The number of hydrogen-bond donors (Lipinski definition) is 2. The van der Waals surface area contributed by atoms with Gasteiger partial charge in [-0.05, 0) is 52.6 Å². The minimum atomic E-state index is -0.419. The molecule has 100 valence electrons. The molecule has 0 radical (unpaired) electrons. The smallest absolute Gasteiger partial charge is 0.407 e. The van der Waals surface area contributed by atoms with Gasteiger partial charge in [0.25, 0.3) is 0 Å². The van der Waals surface area contributed by atoms with E-state index in [0.29, 0.717) is 5.92 Å². The lowest BCUT2D eigenvalue weighted by Gasteiger charge is -2.33. The van der Waals surface area contributed by atoms with Crippen molar-refractivity contribution in [1.82, 2.24) is 10.6 Å². The first-order valence-electron chi connectivity index (χ1n) is 6.62. The van der Waals surface area contributed by atoms with Crippen molar-refractivity contribution in [1.29, 1.82) is 0 Å². The standard InChI is InChI=1S/C13H26N2O2/c1-5-6-10-9-14-8-7-11(10)15-12(16)17-13(2,3)4/h10-11,14H,5-9H2,1-4H3,(H,15,16)/t10-,11+/m0/s1. The van der Waals surface area contributed by atoms with Crippen LogP contribution in [0.3, 0.4) is 0 Å². The van der Waals surface area contributed by atoms with E-state index in [-0.39, 0.29) is 12.1 Å². The van der Waals surface area contributed by atoms with Crippen LogP contribution in [0, 0.1) is 5.92 Å². The monoisotopic (exact) mass is 242 g/mol. The lowest BCUT2D eigenvalue weighted by Crippen LogP contribution is -2.50. The van der Waals surface area contributed by atoms with Gasteiger partial charge in [-0.15, -0.1) is 0 Å². The number of amides is 1. The van der Waals surface area contributed by atoms with E-state index < -0.39 is 5.60 Å². The van der Waals surface area contributed by atoms with E-state index in [4.69, 9.17) is 4.74 Å². The van der Waals surface area contributed by atoms with Gasteiger partial charge in [0.05, 0.1) is 0 Å². The lowest BCUT2D eigenvalue weighted by molar-refractivity contribution is 0.0471. The van der Waals surface area contributed by atoms with Crippen molar-refractivity contribution < 1.29 is 9.53 Å². The zero-order valence-corrected chi connectivity index (χ0v) is 11.5. The van der Waals surface area contributed by atoms with Crippen molar-refractivity contribution in [2.75, 3.05) is 13.1 Å². The Bertz CT molecular complexity index is 246. The predicted molar refractivity (Wildman–Crippen MR) is 69.0 cm³/mol. The Labute approximate surface area is 104 Å². The van der Waals surface area contributed by atoms with Gasteiger partial charge in [0.15, 0.2) is 0 Å². The van der Waals surface area contributed by atoms with Crippen LogP contribution in [0.4, 0.5) is 4.79 Å². The van der Waals surface area contributed by atoms with Gasteiger partial charge in [-0.3, -0.25) is 0 Å². The number of rotatable bonds is 3. The molecule has 1 heterocycles. The third kappa shape index (κ3) is 5.39. The molecule has 4 nitrogen and oxygen atoms in total. The molecule has 1 saturated heterocycles. The van der Waals surface area contributed by atoms with Gasteiger partial charge in [-0.1, -0.05) is 13.3 Å². The average Bonchev–Trinajstić information content (AvgIpc) is 2.18. The van der Waals surface area contributed by atoms with Crippen molar-refractivity contribution in [3.8, 4) is 0 Å². The molecule has 2 atom stereocenters. The Morgan fingerprint density at radius 3 is 2.76 bits per heavy atom. The second-order valence-electron chi connectivity index (χ2n) is 5.79. The Kier molecular flexibility index (Phi) is 5.25. The number of nitrogens with one attached hydrogen (secondary N) is 2. The Morgan fingerprint density at radius 2 is 2.18 bits per heavy atom. The Morgan fingerprint density at radius 1 is 1.47 bits per heavy atom. The fraction of sp³-hybridized carbons (Fsp3) is 0.923. The SMILES string of the molecule is CCC[C@H]1CNCC[C@H]1NC(=O)OC(C)(C)C. The molecular weight excluding hydrogens is 216 g/mol. The molecule has 1 fully saturated rings. The molecule has 1 aliphatic rings. The van der Waals surface area contributed by atoms with Crippen LogP contribution in [0.25, 0.3) is 0 Å². The molecule has 1 rings (SSSR count). The highest BCUT2D eigenvalue weighted by Crippen LogP contribution is 2.17. The van der Waals surface area contributed by atoms with E-state index >= 15 is 0 Å². The number of carbonyl (C=O) groups is 1. The van der Waals surface area contributed by atoms with Gasteiger partial charge < -0.3 is 15.4 Å². The fourth-order valence-electron chi connectivity index (χ4n) is 2.25. The average molecular weight is 242 g/mol. The molecule has 0 unspecified atom stereocenters. The Hall–Kier alpha value is -0.770. The lowest BCUT2D eigenvalue weighted by atomic mass is 9.90. The maximum Gasteiger partial charge on any atom is 0.407 e. The molecule has 4 heteroatoms. The predicted octanol–water partition coefficient (Wildman–Crippen LogP) is 2.29. The molecular formula is C13H26N2O2. The summed E-state index contributed by atoms with van der Waals surface area (Å²) in [5.41, 5.74) is -0.419. The fourth-order valence-corrected chi connectivity index (χ4v) is 2.25. The summed E-state index contributed by atoms with van der Waals surface area (Å²) in [5.74, 6) is 0.529. The molecule has 0 aromatic carbocycles. The summed E-state index contributed by atoms with van der Waals surface area (Å²) in [6.45, 7) is 9.81. The summed E-state index contributed by atoms with van der Waals surface area (Å²) < 4.78 is 5.30. The molecule has 0 aromatic heterocycles. The minimum Gasteiger partial charge on any atom is -0.444 e. The molecule has 0 aliphatic carbocycles. The maximum absolute atomic E-state index is 11.7. The normalized spacial score (nSPS) is 25.4. The zero-order valence-electron chi connectivity index (χ0n) is 11.5. The molecule has 0 bridgehead atoms. The van der Waals surface area contributed by atoms with Crippen LogP contribution in [-0.2, 0) is 4.74 Å². The highest BCUT2D eigenvalue weighted by atomic mass is 16.6. The first kappa shape index (κ1) is 14.3. The van der Waals surface area contributed by atoms with Gasteiger partial charge in [0.1, 0.15) is 5.60 Å². The summed E-state index contributed by atoms with van der Waals surface area (Å²) in [7, 11) is 0. The van der Waals surface area contributed by atoms with Crippen LogP contribution in [-0.4, -0.2) is 30.8 Å². The van der Waals surface area contributed by atoms with Gasteiger partial charge in [-0.25, -0.2) is 4.79 Å². The highest BCUT2D eigenvalue weighted by Gasteiger charge is 2.27. The van der Waals surface area contributed by atoms with Crippen LogP contribution in [0.5, 0.6) is 0 Å². The second kappa shape index (κ2) is 6.24. The number of piperidine rings is 1. The van der Waals surface area contributed by atoms with E-state index in [1.165, 1.54) is 0 Å². The molecule has 1 aliphatic heterocycles. The number of alkyl carbamates (subject to hydrolysis) is 1. The van der Waals surface area contributed by atoms with Crippen LogP contribution >= 0.6 is 0 Å². The van der Waals surface area contributed by atoms with Crippen molar-refractivity contribution in [2.45, 2.75) is 58.6 Å². The zero-order chi connectivity index (χ0) is 12.9. The summed E-state index contributed by atoms with van der Waals surface area (Å²) in [5, 5.41) is 6.39. The first-order chi connectivity index (χ1) is 7.92. The first-order valence-corrected chi connectivity index (χ1v) is 6.62. The van der Waals surface area contributed by atoms with E-state index in [2.05, 4.69) is 17.6 Å². The largest absolute Gasteiger partial charge is 0.444 e. The molecule has 17 heavy (non-hydrogen) atoms. The summed E-state index contributed by atoms with van der Waals surface area (Å²) in [6.07, 6.45) is 3.00. The number of hydrogen-bond acceptors (Lipinski definition) is 3. The number of carbonyl (C=O) groups excluding carboxylic acids is 1. The quantitative estimate of drug-likeness (QED) is 0.798. The summed E-state index contributed by atoms with van der Waals surface area (Å²) >= 11 is 0. The number of ether oxygens (including phenoxy) is 1. The highest BCUT2D eigenvalue weighted by molar-refractivity contribution is 5.68. The molecule has 1 amide bonds. The third-order valence-corrected chi connectivity index (χ3v) is 2.97. The Balaban J connectivity index is 2.44. The van der Waals surface area contributed by atoms with E-state index in [1.807, 2.05) is 20.8 Å². The van der Waals surface area contributed by atoms with Gasteiger partial charge in [0.2, 0.25) is 0 Å². The topological polar surface area (TPSA) is 50.4 Å². The van der Waals surface area contributed by atoms with Gasteiger partial charge in [-0.2, -0.15) is 0 Å². The van der Waals surface area contributed by atoms with Crippen LogP contribution < -0.4 is 10.6 Å². The second-order valence-corrected chi connectivity index (χ2v) is 5.79. The molecule has 2 N–H and O–H groups in total.